The highest BCUT2D eigenvalue weighted by Crippen LogP contribution is 2.30. The molecule has 0 spiro atoms. The molecule has 2 aromatic rings. The van der Waals surface area contributed by atoms with Gasteiger partial charge in [0.1, 0.15) is 5.75 Å². The van der Waals surface area contributed by atoms with Gasteiger partial charge in [-0.05, 0) is 42.5 Å². The Morgan fingerprint density at radius 2 is 1.86 bits per heavy atom. The number of carbonyl (C=O) groups is 1. The molecule has 0 bridgehead atoms. The average Bonchev–Trinajstić information content (AvgIpc) is 2.59. The third-order valence-electron chi connectivity index (χ3n) is 3.52. The Morgan fingerprint density at radius 3 is 2.55 bits per heavy atom. The Kier molecular flexibility index (Phi) is 3.60. The minimum Gasteiger partial charge on any atom is -0.508 e. The van der Waals surface area contributed by atoms with Gasteiger partial charge in [-0.25, -0.2) is 4.99 Å². The zero-order chi connectivity index (χ0) is 15.9. The fraction of sp³-hybridized carbons (Fsp3) is 0.125. The van der Waals surface area contributed by atoms with Gasteiger partial charge in [-0.1, -0.05) is 11.6 Å². The number of carbonyl (C=O) groups excluding carboxylic acids is 1. The fourth-order valence-corrected chi connectivity index (χ4v) is 2.55. The summed E-state index contributed by atoms with van der Waals surface area (Å²) in [7, 11) is 1.58. The minimum absolute atomic E-state index is 0.123. The third-order valence-corrected chi connectivity index (χ3v) is 3.75. The standard InChI is InChI=1S/C16H13ClN2O3/c1-19-13-7-4-10(17)8-12(13)14(18-15(21)16(19)22)9-2-5-11(20)6-3-9/h2-8,15,20-21H,1H3. The lowest BCUT2D eigenvalue weighted by molar-refractivity contribution is -0.125. The third kappa shape index (κ3) is 2.45. The Balaban J connectivity index is 2.25. The van der Waals surface area contributed by atoms with Crippen molar-refractivity contribution in [3.05, 3.63) is 58.6 Å². The molecule has 5 nitrogen and oxygen atoms in total. The number of aliphatic hydroxyl groups is 1. The molecule has 1 aliphatic rings. The van der Waals surface area contributed by atoms with E-state index in [1.165, 1.54) is 17.0 Å². The summed E-state index contributed by atoms with van der Waals surface area (Å²) in [6.45, 7) is 0. The topological polar surface area (TPSA) is 73.1 Å². The van der Waals surface area contributed by atoms with Crippen molar-refractivity contribution in [2.45, 2.75) is 6.23 Å². The van der Waals surface area contributed by atoms with Gasteiger partial charge in [0.25, 0.3) is 5.91 Å². The fourth-order valence-electron chi connectivity index (χ4n) is 2.38. The number of anilines is 1. The molecule has 2 N–H and O–H groups in total. The van der Waals surface area contributed by atoms with Crippen LogP contribution in [0.15, 0.2) is 47.5 Å². The summed E-state index contributed by atoms with van der Waals surface area (Å²) in [6.07, 6.45) is -1.49. The summed E-state index contributed by atoms with van der Waals surface area (Å²) in [5.41, 5.74) is 2.37. The van der Waals surface area contributed by atoms with Crippen molar-refractivity contribution >= 4 is 28.9 Å². The van der Waals surface area contributed by atoms with Crippen LogP contribution in [0, 0.1) is 0 Å². The second-order valence-corrected chi connectivity index (χ2v) is 5.39. The number of rotatable bonds is 1. The normalized spacial score (nSPS) is 17.8. The number of benzodiazepines with no additional fused rings is 1. The first kappa shape index (κ1) is 14.6. The van der Waals surface area contributed by atoms with Gasteiger partial charge in [0.15, 0.2) is 0 Å². The summed E-state index contributed by atoms with van der Waals surface area (Å²) >= 11 is 6.07. The highest BCUT2D eigenvalue weighted by Gasteiger charge is 2.28. The SMILES string of the molecule is CN1C(=O)C(O)N=C(c2ccc(O)cc2)c2cc(Cl)ccc21. The maximum absolute atomic E-state index is 12.1. The van der Waals surface area contributed by atoms with Gasteiger partial charge in [0, 0.05) is 23.2 Å². The molecule has 1 heterocycles. The molecule has 6 heteroatoms. The van der Waals surface area contributed by atoms with Crippen molar-refractivity contribution in [3.63, 3.8) is 0 Å². The molecule has 1 amide bonds. The number of hydrogen-bond acceptors (Lipinski definition) is 4. The number of aromatic hydroxyl groups is 1. The number of halogens is 1. The summed E-state index contributed by atoms with van der Waals surface area (Å²) in [5.74, 6) is -0.393. The Morgan fingerprint density at radius 1 is 1.18 bits per heavy atom. The molecule has 0 aliphatic carbocycles. The first-order valence-electron chi connectivity index (χ1n) is 6.60. The van der Waals surface area contributed by atoms with Crippen molar-refractivity contribution in [1.82, 2.24) is 0 Å². The maximum Gasteiger partial charge on any atom is 0.278 e. The van der Waals surface area contributed by atoms with Crippen LogP contribution in [0.3, 0.4) is 0 Å². The molecule has 0 saturated carbocycles. The molecule has 0 aromatic heterocycles. The van der Waals surface area contributed by atoms with Crippen LogP contribution in [-0.4, -0.2) is 35.1 Å². The second kappa shape index (κ2) is 5.44. The van der Waals surface area contributed by atoms with E-state index in [1.54, 1.807) is 37.4 Å². The van der Waals surface area contributed by atoms with E-state index in [4.69, 9.17) is 11.6 Å². The summed E-state index contributed by atoms with van der Waals surface area (Å²) < 4.78 is 0. The predicted octanol–water partition coefficient (Wildman–Crippen LogP) is 2.18. The zero-order valence-corrected chi connectivity index (χ0v) is 12.4. The van der Waals surface area contributed by atoms with Crippen molar-refractivity contribution in [2.24, 2.45) is 4.99 Å². The van der Waals surface area contributed by atoms with Gasteiger partial charge < -0.3 is 15.1 Å². The number of amides is 1. The Labute approximate surface area is 132 Å². The van der Waals surface area contributed by atoms with E-state index in [9.17, 15) is 15.0 Å². The number of phenolic OH excluding ortho intramolecular Hbond substituents is 1. The number of aliphatic imine (C=N–C) groups is 1. The predicted molar refractivity (Wildman–Crippen MR) is 84.6 cm³/mol. The molecule has 0 radical (unpaired) electrons. The zero-order valence-electron chi connectivity index (χ0n) is 11.7. The van der Waals surface area contributed by atoms with Gasteiger partial charge >= 0.3 is 0 Å². The van der Waals surface area contributed by atoms with Crippen LogP contribution in [0.2, 0.25) is 5.02 Å². The molecule has 22 heavy (non-hydrogen) atoms. The van der Waals surface area contributed by atoms with Crippen LogP contribution < -0.4 is 4.90 Å². The van der Waals surface area contributed by atoms with E-state index in [2.05, 4.69) is 4.99 Å². The van der Waals surface area contributed by atoms with Gasteiger partial charge in [-0.15, -0.1) is 0 Å². The van der Waals surface area contributed by atoms with Crippen LogP contribution in [-0.2, 0) is 4.79 Å². The molecule has 1 atom stereocenters. The van der Waals surface area contributed by atoms with Gasteiger partial charge in [-0.2, -0.15) is 0 Å². The summed E-state index contributed by atoms with van der Waals surface area (Å²) in [5, 5.41) is 19.9. The monoisotopic (exact) mass is 316 g/mol. The quantitative estimate of drug-likeness (QED) is 0.847. The van der Waals surface area contributed by atoms with E-state index in [0.29, 0.717) is 27.5 Å². The van der Waals surface area contributed by atoms with Crippen molar-refractivity contribution in [2.75, 3.05) is 11.9 Å². The molecule has 0 saturated heterocycles. The summed E-state index contributed by atoms with van der Waals surface area (Å²) in [6, 6.07) is 11.5. The molecule has 2 aromatic carbocycles. The Bertz CT molecular complexity index is 771. The number of phenols is 1. The van der Waals surface area contributed by atoms with E-state index >= 15 is 0 Å². The first-order chi connectivity index (χ1) is 10.5. The smallest absolute Gasteiger partial charge is 0.278 e. The minimum atomic E-state index is -1.49. The lowest BCUT2D eigenvalue weighted by Gasteiger charge is -2.18. The summed E-state index contributed by atoms with van der Waals surface area (Å²) in [4.78, 5) is 17.6. The maximum atomic E-state index is 12.1. The van der Waals surface area contributed by atoms with E-state index in [0.717, 1.165) is 0 Å². The molecule has 1 unspecified atom stereocenters. The number of nitrogens with zero attached hydrogens (tertiary/aromatic N) is 2. The second-order valence-electron chi connectivity index (χ2n) is 4.96. The molecule has 1 aliphatic heterocycles. The number of benzene rings is 2. The number of fused-ring (bicyclic) bond motifs is 1. The van der Waals surface area contributed by atoms with Crippen LogP contribution in [0.1, 0.15) is 11.1 Å². The molecule has 3 rings (SSSR count). The highest BCUT2D eigenvalue weighted by atomic mass is 35.5. The van der Waals surface area contributed by atoms with Crippen LogP contribution in [0.4, 0.5) is 5.69 Å². The largest absolute Gasteiger partial charge is 0.508 e. The number of likely N-dealkylation sites (N-methyl/N-ethyl adjacent to an activating group) is 1. The first-order valence-corrected chi connectivity index (χ1v) is 6.98. The molecule has 112 valence electrons. The van der Waals surface area contributed by atoms with E-state index < -0.39 is 12.1 Å². The van der Waals surface area contributed by atoms with Gasteiger partial charge in [0.2, 0.25) is 6.23 Å². The highest BCUT2D eigenvalue weighted by molar-refractivity contribution is 6.32. The van der Waals surface area contributed by atoms with Crippen LogP contribution in [0.5, 0.6) is 5.75 Å². The number of aliphatic hydroxyl groups excluding tert-OH is 1. The van der Waals surface area contributed by atoms with E-state index in [1.807, 2.05) is 0 Å². The van der Waals surface area contributed by atoms with Crippen LogP contribution in [0.25, 0.3) is 0 Å². The van der Waals surface area contributed by atoms with Crippen molar-refractivity contribution in [1.29, 1.82) is 0 Å². The average molecular weight is 317 g/mol. The van der Waals surface area contributed by atoms with Crippen molar-refractivity contribution < 1.29 is 15.0 Å². The van der Waals surface area contributed by atoms with Gasteiger partial charge in [-0.3, -0.25) is 4.79 Å². The van der Waals surface area contributed by atoms with Crippen LogP contribution >= 0.6 is 11.6 Å². The lowest BCUT2D eigenvalue weighted by atomic mass is 10.00. The lowest BCUT2D eigenvalue weighted by Crippen LogP contribution is -2.34. The van der Waals surface area contributed by atoms with Gasteiger partial charge in [0.05, 0.1) is 11.4 Å². The number of hydrogen-bond donors (Lipinski definition) is 2. The Hall–Kier alpha value is -2.37. The molecular formula is C16H13ClN2O3. The molecular weight excluding hydrogens is 304 g/mol. The molecule has 0 fully saturated rings. The van der Waals surface area contributed by atoms with Crippen molar-refractivity contribution in [3.8, 4) is 5.75 Å². The van der Waals surface area contributed by atoms with E-state index in [-0.39, 0.29) is 5.75 Å².